The van der Waals surface area contributed by atoms with Gasteiger partial charge in [0, 0.05) is 12.2 Å². The van der Waals surface area contributed by atoms with Crippen LogP contribution in [0.5, 0.6) is 0 Å². The minimum Gasteiger partial charge on any atom is -0.480 e. The molecule has 0 aliphatic heterocycles. The maximum Gasteiger partial charge on any atom is 0.320 e. The van der Waals surface area contributed by atoms with Gasteiger partial charge < -0.3 is 27.2 Å². The van der Waals surface area contributed by atoms with E-state index in [0.717, 1.165) is 0 Å². The number of aliphatic carboxylic acids is 1. The number of carbonyl (C=O) groups is 3. The Labute approximate surface area is 176 Å². The van der Waals surface area contributed by atoms with E-state index in [4.69, 9.17) is 16.6 Å². The van der Waals surface area contributed by atoms with Gasteiger partial charge in [-0.2, -0.15) is 0 Å². The standard InChI is InChI=1S/C20H32N6O4/c1-12(2)11-16(18(28)25-14-7-5-4-6-8-14)26-17(27)15(9-10-23-20(21)22)24-13(3)19(29)30/h4-8,12-13,15-16,24H,9-11H2,1-3H3,(H,25,28)(H,26,27)(H,29,30)(H4,21,22,23)/t13-,15+,16+/m1/s1. The lowest BCUT2D eigenvalue weighted by molar-refractivity contribution is -0.139. The lowest BCUT2D eigenvalue weighted by Crippen LogP contribution is -2.54. The molecule has 0 aromatic heterocycles. The van der Waals surface area contributed by atoms with Gasteiger partial charge in [-0.25, -0.2) is 0 Å². The van der Waals surface area contributed by atoms with Crippen LogP contribution in [-0.4, -0.2) is 53.5 Å². The molecule has 166 valence electrons. The second kappa shape index (κ2) is 12.4. The molecule has 10 heteroatoms. The fourth-order valence-electron chi connectivity index (χ4n) is 2.71. The second-order valence-corrected chi connectivity index (χ2v) is 7.42. The van der Waals surface area contributed by atoms with Crippen molar-refractivity contribution in [1.82, 2.24) is 10.6 Å². The summed E-state index contributed by atoms with van der Waals surface area (Å²) >= 11 is 0. The zero-order valence-electron chi connectivity index (χ0n) is 17.6. The number of carboxylic acid groups (broad SMARTS) is 1. The van der Waals surface area contributed by atoms with E-state index in [1.165, 1.54) is 6.92 Å². The quantitative estimate of drug-likeness (QED) is 0.208. The third kappa shape index (κ3) is 9.37. The minimum atomic E-state index is -1.10. The smallest absolute Gasteiger partial charge is 0.320 e. The van der Waals surface area contributed by atoms with Crippen LogP contribution in [0.2, 0.25) is 0 Å². The predicted octanol–water partition coefficient (Wildman–Crippen LogP) is 0.251. The molecule has 0 fully saturated rings. The highest BCUT2D eigenvalue weighted by Gasteiger charge is 2.28. The van der Waals surface area contributed by atoms with Crippen LogP contribution in [0, 0.1) is 5.92 Å². The van der Waals surface area contributed by atoms with Gasteiger partial charge in [-0.15, -0.1) is 0 Å². The molecule has 0 unspecified atom stereocenters. The first-order valence-electron chi connectivity index (χ1n) is 9.80. The Balaban J connectivity index is 2.91. The first kappa shape index (κ1) is 24.9. The Morgan fingerprint density at radius 1 is 1.03 bits per heavy atom. The number of amides is 2. The van der Waals surface area contributed by atoms with Gasteiger partial charge in [0.15, 0.2) is 5.96 Å². The maximum absolute atomic E-state index is 12.9. The number of nitrogens with two attached hydrogens (primary N) is 2. The first-order chi connectivity index (χ1) is 14.1. The number of nitrogens with one attached hydrogen (secondary N) is 3. The number of rotatable bonds is 12. The molecule has 10 nitrogen and oxygen atoms in total. The van der Waals surface area contributed by atoms with E-state index in [2.05, 4.69) is 20.9 Å². The first-order valence-corrected chi connectivity index (χ1v) is 9.80. The van der Waals surface area contributed by atoms with Gasteiger partial charge in [0.05, 0.1) is 6.04 Å². The molecular formula is C20H32N6O4. The molecule has 30 heavy (non-hydrogen) atoms. The summed E-state index contributed by atoms with van der Waals surface area (Å²) in [6, 6.07) is 6.27. The molecule has 0 aliphatic carbocycles. The average molecular weight is 421 g/mol. The Morgan fingerprint density at radius 3 is 2.20 bits per heavy atom. The maximum atomic E-state index is 12.9. The Bertz CT molecular complexity index is 734. The van der Waals surface area contributed by atoms with Crippen molar-refractivity contribution in [1.29, 1.82) is 0 Å². The molecule has 0 radical (unpaired) electrons. The van der Waals surface area contributed by atoms with Gasteiger partial charge in [-0.3, -0.25) is 24.7 Å². The van der Waals surface area contributed by atoms with Crippen LogP contribution in [0.3, 0.4) is 0 Å². The zero-order valence-corrected chi connectivity index (χ0v) is 17.6. The van der Waals surface area contributed by atoms with E-state index >= 15 is 0 Å². The van der Waals surface area contributed by atoms with Crippen molar-refractivity contribution >= 4 is 29.4 Å². The summed E-state index contributed by atoms with van der Waals surface area (Å²) in [5, 5.41) is 17.4. The van der Waals surface area contributed by atoms with Crippen LogP contribution in [-0.2, 0) is 14.4 Å². The van der Waals surface area contributed by atoms with Gasteiger partial charge in [0.25, 0.3) is 0 Å². The van der Waals surface area contributed by atoms with E-state index < -0.39 is 30.0 Å². The molecular weight excluding hydrogens is 388 g/mol. The summed E-state index contributed by atoms with van der Waals surface area (Å²) in [4.78, 5) is 40.6. The van der Waals surface area contributed by atoms with Gasteiger partial charge in [0.2, 0.25) is 11.8 Å². The molecule has 1 rings (SSSR count). The van der Waals surface area contributed by atoms with Crippen LogP contribution in [0.1, 0.15) is 33.6 Å². The largest absolute Gasteiger partial charge is 0.480 e. The fourth-order valence-corrected chi connectivity index (χ4v) is 2.71. The third-order valence-corrected chi connectivity index (χ3v) is 4.23. The number of para-hydroxylation sites is 1. The summed E-state index contributed by atoms with van der Waals surface area (Å²) in [7, 11) is 0. The SMILES string of the molecule is CC(C)C[C@H](NC(=O)[C@H](CCN=C(N)N)N[C@H](C)C(=O)O)C(=O)Nc1ccccc1. The zero-order chi connectivity index (χ0) is 22.7. The van der Waals surface area contributed by atoms with E-state index in [1.807, 2.05) is 19.9 Å². The monoisotopic (exact) mass is 420 g/mol. The van der Waals surface area contributed by atoms with E-state index in [1.54, 1.807) is 24.3 Å². The van der Waals surface area contributed by atoms with Crippen molar-refractivity contribution in [2.45, 2.75) is 51.7 Å². The van der Waals surface area contributed by atoms with E-state index in [-0.39, 0.29) is 30.8 Å². The molecule has 0 saturated carbocycles. The number of hydrogen-bond donors (Lipinski definition) is 6. The van der Waals surface area contributed by atoms with Crippen molar-refractivity contribution in [3.05, 3.63) is 30.3 Å². The van der Waals surface area contributed by atoms with Gasteiger partial charge in [-0.1, -0.05) is 32.0 Å². The molecule has 1 aromatic rings. The van der Waals surface area contributed by atoms with Crippen LogP contribution >= 0.6 is 0 Å². The Hall–Kier alpha value is -3.14. The van der Waals surface area contributed by atoms with Crippen molar-refractivity contribution in [3.63, 3.8) is 0 Å². The van der Waals surface area contributed by atoms with Crippen LogP contribution in [0.4, 0.5) is 5.69 Å². The number of guanidine groups is 1. The lowest BCUT2D eigenvalue weighted by Gasteiger charge is -2.25. The van der Waals surface area contributed by atoms with Crippen molar-refractivity contribution in [3.8, 4) is 0 Å². The van der Waals surface area contributed by atoms with Gasteiger partial charge in [0.1, 0.15) is 12.1 Å². The molecule has 0 aliphatic rings. The topological polar surface area (TPSA) is 172 Å². The third-order valence-electron chi connectivity index (χ3n) is 4.23. The van der Waals surface area contributed by atoms with Crippen molar-refractivity contribution in [2.24, 2.45) is 22.4 Å². The minimum absolute atomic E-state index is 0.125. The van der Waals surface area contributed by atoms with Crippen LogP contribution in [0.15, 0.2) is 35.3 Å². The number of aliphatic imine (C=N–C) groups is 1. The summed E-state index contributed by atoms with van der Waals surface area (Å²) < 4.78 is 0. The average Bonchev–Trinajstić information content (AvgIpc) is 2.66. The summed E-state index contributed by atoms with van der Waals surface area (Å²) in [5.41, 5.74) is 11.2. The number of carbonyl (C=O) groups excluding carboxylic acids is 2. The Morgan fingerprint density at radius 2 is 1.67 bits per heavy atom. The van der Waals surface area contributed by atoms with Crippen LogP contribution < -0.4 is 27.4 Å². The second-order valence-electron chi connectivity index (χ2n) is 7.42. The molecule has 0 heterocycles. The van der Waals surface area contributed by atoms with Crippen LogP contribution in [0.25, 0.3) is 0 Å². The summed E-state index contributed by atoms with van der Waals surface area (Å²) in [6.07, 6.45) is 0.579. The molecule has 0 bridgehead atoms. The molecule has 1 aromatic carbocycles. The lowest BCUT2D eigenvalue weighted by atomic mass is 10.0. The molecule has 0 spiro atoms. The van der Waals surface area contributed by atoms with Gasteiger partial charge in [-0.05, 0) is 37.8 Å². The predicted molar refractivity (Wildman–Crippen MR) is 116 cm³/mol. The van der Waals surface area contributed by atoms with E-state index in [9.17, 15) is 14.4 Å². The number of nitrogens with zero attached hydrogens (tertiary/aromatic N) is 1. The van der Waals surface area contributed by atoms with Gasteiger partial charge >= 0.3 is 5.97 Å². The number of anilines is 1. The molecule has 8 N–H and O–H groups in total. The summed E-state index contributed by atoms with van der Waals surface area (Å²) in [6.45, 7) is 5.44. The van der Waals surface area contributed by atoms with Crippen molar-refractivity contribution in [2.75, 3.05) is 11.9 Å². The normalized spacial score (nSPS) is 13.7. The van der Waals surface area contributed by atoms with Crippen molar-refractivity contribution < 1.29 is 19.5 Å². The highest BCUT2D eigenvalue weighted by atomic mass is 16.4. The number of benzene rings is 1. The molecule has 2 amide bonds. The highest BCUT2D eigenvalue weighted by molar-refractivity contribution is 5.98. The summed E-state index contributed by atoms with van der Waals surface area (Å²) in [5.74, 6) is -1.93. The highest BCUT2D eigenvalue weighted by Crippen LogP contribution is 2.11. The fraction of sp³-hybridized carbons (Fsp3) is 0.500. The number of carboxylic acids is 1. The molecule has 3 atom stereocenters. The van der Waals surface area contributed by atoms with E-state index in [0.29, 0.717) is 12.1 Å². The molecule has 0 saturated heterocycles. The Kier molecular flexibility index (Phi) is 10.3. The number of hydrogen-bond acceptors (Lipinski definition) is 5.